The summed E-state index contributed by atoms with van der Waals surface area (Å²) in [6.07, 6.45) is 2.06. The van der Waals surface area contributed by atoms with Crippen LogP contribution in [0.2, 0.25) is 0 Å². The van der Waals surface area contributed by atoms with E-state index in [4.69, 9.17) is 4.74 Å². The first-order valence-corrected chi connectivity index (χ1v) is 9.37. The highest BCUT2D eigenvalue weighted by Crippen LogP contribution is 2.28. The molecule has 0 spiro atoms. The Kier molecular flexibility index (Phi) is 6.71. The van der Waals surface area contributed by atoms with Crippen molar-refractivity contribution in [3.63, 3.8) is 0 Å². The number of carboxylic acid groups (broad SMARTS) is 1. The summed E-state index contributed by atoms with van der Waals surface area (Å²) in [5.41, 5.74) is 2.38. The number of benzene rings is 2. The molecule has 0 saturated heterocycles. The van der Waals surface area contributed by atoms with Gasteiger partial charge >= 0.3 is 5.97 Å². The van der Waals surface area contributed by atoms with Gasteiger partial charge in [0, 0.05) is 22.5 Å². The molecule has 0 aliphatic carbocycles. The zero-order chi connectivity index (χ0) is 17.7. The molecule has 2 aromatic rings. The first-order valence-electron chi connectivity index (χ1n) is 7.35. The lowest BCUT2D eigenvalue weighted by atomic mass is 10.1. The van der Waals surface area contributed by atoms with Crippen molar-refractivity contribution >= 4 is 33.7 Å². The molecular weight excluding hydrogens is 390 g/mol. The van der Waals surface area contributed by atoms with E-state index in [9.17, 15) is 9.90 Å². The fraction of sp³-hybridized carbons (Fsp3) is 0.278. The second-order valence-electron chi connectivity index (χ2n) is 5.47. The molecular formula is C18H20BrNO3S. The number of rotatable bonds is 7. The van der Waals surface area contributed by atoms with E-state index in [-0.39, 0.29) is 5.56 Å². The monoisotopic (exact) mass is 409 g/mol. The number of carboxylic acids is 1. The van der Waals surface area contributed by atoms with Crippen molar-refractivity contribution in [3.8, 4) is 5.75 Å². The second-order valence-corrected chi connectivity index (χ2v) is 7.20. The smallest absolute Gasteiger partial charge is 0.339 e. The maximum atomic E-state index is 11.2. The molecule has 6 heteroatoms. The highest BCUT2D eigenvalue weighted by molar-refractivity contribution is 9.10. The van der Waals surface area contributed by atoms with Gasteiger partial charge in [-0.05, 0) is 48.7 Å². The predicted molar refractivity (Wildman–Crippen MR) is 101 cm³/mol. The minimum Gasteiger partial charge on any atom is -0.496 e. The average molecular weight is 410 g/mol. The summed E-state index contributed by atoms with van der Waals surface area (Å²) in [5.74, 6) is -0.625. The summed E-state index contributed by atoms with van der Waals surface area (Å²) >= 11 is 5.19. The van der Waals surface area contributed by atoms with Gasteiger partial charge in [-0.3, -0.25) is 4.90 Å². The Morgan fingerprint density at radius 1 is 1.25 bits per heavy atom. The van der Waals surface area contributed by atoms with E-state index in [1.54, 1.807) is 23.9 Å². The van der Waals surface area contributed by atoms with E-state index >= 15 is 0 Å². The zero-order valence-electron chi connectivity index (χ0n) is 13.9. The van der Waals surface area contributed by atoms with Crippen molar-refractivity contribution in [1.29, 1.82) is 0 Å². The van der Waals surface area contributed by atoms with Crippen molar-refractivity contribution < 1.29 is 14.6 Å². The predicted octanol–water partition coefficient (Wildman–Crippen LogP) is 4.51. The van der Waals surface area contributed by atoms with E-state index in [2.05, 4.69) is 51.4 Å². The highest BCUT2D eigenvalue weighted by Gasteiger charge is 2.15. The standard InChI is InChI=1S/C18H20BrNO3S/c1-20(10-12-4-6-14(24-3)7-5-12)11-13-8-17(23-2)15(18(21)22)9-16(13)19/h4-9H,10-11H2,1-3H3,(H,21,22). The number of methoxy groups -OCH3 is 1. The van der Waals surface area contributed by atoms with Gasteiger partial charge in [-0.15, -0.1) is 11.8 Å². The van der Waals surface area contributed by atoms with Crippen molar-refractivity contribution in [2.45, 2.75) is 18.0 Å². The Morgan fingerprint density at radius 3 is 2.46 bits per heavy atom. The van der Waals surface area contributed by atoms with Crippen LogP contribution in [-0.4, -0.2) is 36.4 Å². The lowest BCUT2D eigenvalue weighted by Crippen LogP contribution is -2.18. The van der Waals surface area contributed by atoms with Gasteiger partial charge in [-0.1, -0.05) is 28.1 Å². The minimum atomic E-state index is -0.999. The van der Waals surface area contributed by atoms with Crippen molar-refractivity contribution in [2.75, 3.05) is 20.4 Å². The first-order chi connectivity index (χ1) is 11.4. The number of ether oxygens (including phenoxy) is 1. The summed E-state index contributed by atoms with van der Waals surface area (Å²) in [7, 11) is 3.52. The van der Waals surface area contributed by atoms with Crippen LogP contribution in [0, 0.1) is 0 Å². The second kappa shape index (κ2) is 8.55. The van der Waals surface area contributed by atoms with E-state index in [0.29, 0.717) is 12.3 Å². The number of aromatic carboxylic acids is 1. The summed E-state index contributed by atoms with van der Waals surface area (Å²) in [5, 5.41) is 9.22. The number of hydrogen-bond acceptors (Lipinski definition) is 4. The minimum absolute atomic E-state index is 0.156. The Labute approximate surface area is 154 Å². The quantitative estimate of drug-likeness (QED) is 0.681. The van der Waals surface area contributed by atoms with Gasteiger partial charge in [0.05, 0.1) is 7.11 Å². The van der Waals surface area contributed by atoms with E-state index in [1.165, 1.54) is 17.6 Å². The van der Waals surface area contributed by atoms with Gasteiger partial charge in [-0.2, -0.15) is 0 Å². The molecule has 0 aromatic heterocycles. The van der Waals surface area contributed by atoms with Crippen molar-refractivity contribution in [1.82, 2.24) is 4.90 Å². The van der Waals surface area contributed by atoms with Crippen LogP contribution in [-0.2, 0) is 13.1 Å². The molecule has 0 fully saturated rings. The molecule has 0 aliphatic heterocycles. The fourth-order valence-corrected chi connectivity index (χ4v) is 3.32. The van der Waals surface area contributed by atoms with Crippen LogP contribution in [0.3, 0.4) is 0 Å². The molecule has 24 heavy (non-hydrogen) atoms. The number of hydrogen-bond donors (Lipinski definition) is 1. The third-order valence-electron chi connectivity index (χ3n) is 3.65. The summed E-state index contributed by atoms with van der Waals surface area (Å²) in [6, 6.07) is 11.9. The summed E-state index contributed by atoms with van der Waals surface area (Å²) in [4.78, 5) is 14.7. The molecule has 0 radical (unpaired) electrons. The van der Waals surface area contributed by atoms with Crippen LogP contribution in [0.25, 0.3) is 0 Å². The lowest BCUT2D eigenvalue weighted by Gasteiger charge is -2.19. The summed E-state index contributed by atoms with van der Waals surface area (Å²) in [6.45, 7) is 1.49. The molecule has 4 nitrogen and oxygen atoms in total. The maximum Gasteiger partial charge on any atom is 0.339 e. The number of carbonyl (C=O) groups is 1. The van der Waals surface area contributed by atoms with Crippen LogP contribution in [0.5, 0.6) is 5.75 Å². The Morgan fingerprint density at radius 2 is 1.92 bits per heavy atom. The fourth-order valence-electron chi connectivity index (χ4n) is 2.44. The van der Waals surface area contributed by atoms with Crippen LogP contribution in [0.1, 0.15) is 21.5 Å². The van der Waals surface area contributed by atoms with Gasteiger partial charge < -0.3 is 9.84 Å². The third kappa shape index (κ3) is 4.75. The number of nitrogens with zero attached hydrogens (tertiary/aromatic N) is 1. The molecule has 0 heterocycles. The van der Waals surface area contributed by atoms with Crippen molar-refractivity contribution in [2.24, 2.45) is 0 Å². The normalized spacial score (nSPS) is 10.9. The Balaban J connectivity index is 2.12. The van der Waals surface area contributed by atoms with Crippen molar-refractivity contribution in [3.05, 3.63) is 57.6 Å². The van der Waals surface area contributed by atoms with Gasteiger partial charge in [0.1, 0.15) is 11.3 Å². The molecule has 0 saturated carbocycles. The Hall–Kier alpha value is -1.50. The molecule has 0 atom stereocenters. The summed E-state index contributed by atoms with van der Waals surface area (Å²) < 4.78 is 5.97. The topological polar surface area (TPSA) is 49.8 Å². The van der Waals surface area contributed by atoms with Gasteiger partial charge in [-0.25, -0.2) is 4.79 Å². The lowest BCUT2D eigenvalue weighted by molar-refractivity contribution is 0.0693. The van der Waals surface area contributed by atoms with Gasteiger partial charge in [0.2, 0.25) is 0 Å². The molecule has 1 N–H and O–H groups in total. The molecule has 128 valence electrons. The van der Waals surface area contributed by atoms with Gasteiger partial charge in [0.25, 0.3) is 0 Å². The number of thioether (sulfide) groups is 1. The molecule has 0 bridgehead atoms. The molecule has 2 aromatic carbocycles. The first kappa shape index (κ1) is 18.8. The zero-order valence-corrected chi connectivity index (χ0v) is 16.3. The molecule has 0 unspecified atom stereocenters. The SMILES string of the molecule is COc1cc(CN(C)Cc2ccc(SC)cc2)c(Br)cc1C(=O)O. The van der Waals surface area contributed by atoms with E-state index in [0.717, 1.165) is 16.6 Å². The van der Waals surface area contributed by atoms with Crippen LogP contribution in [0.4, 0.5) is 0 Å². The average Bonchev–Trinajstić information content (AvgIpc) is 2.56. The Bertz CT molecular complexity index is 719. The maximum absolute atomic E-state index is 11.2. The number of halogens is 1. The largest absolute Gasteiger partial charge is 0.496 e. The highest BCUT2D eigenvalue weighted by atomic mass is 79.9. The van der Waals surface area contributed by atoms with E-state index in [1.807, 2.05) is 7.05 Å². The van der Waals surface area contributed by atoms with Crippen LogP contribution in [0.15, 0.2) is 45.8 Å². The third-order valence-corrected chi connectivity index (χ3v) is 5.13. The molecule has 2 rings (SSSR count). The van der Waals surface area contributed by atoms with E-state index < -0.39 is 5.97 Å². The molecule has 0 aliphatic rings. The van der Waals surface area contributed by atoms with Gasteiger partial charge in [0.15, 0.2) is 0 Å². The van der Waals surface area contributed by atoms with Crippen LogP contribution < -0.4 is 4.74 Å². The molecule has 0 amide bonds. The van der Waals surface area contributed by atoms with Crippen LogP contribution >= 0.6 is 27.7 Å².